The molecule has 1 aliphatic rings. The van der Waals surface area contributed by atoms with E-state index in [0.717, 1.165) is 16.9 Å². The molecular formula is C20H29N7O5S2. The van der Waals surface area contributed by atoms with Crippen LogP contribution in [0.5, 0.6) is 0 Å². The first-order chi connectivity index (χ1) is 15.9. The molecule has 34 heavy (non-hydrogen) atoms. The number of aromatic nitrogens is 1. The summed E-state index contributed by atoms with van der Waals surface area (Å²) >= 11 is 1.12. The Morgan fingerprint density at radius 2 is 1.91 bits per heavy atom. The van der Waals surface area contributed by atoms with E-state index in [1.165, 1.54) is 11.4 Å². The number of anilines is 2. The summed E-state index contributed by atoms with van der Waals surface area (Å²) in [6.45, 7) is 1.98. The molecule has 1 saturated heterocycles. The summed E-state index contributed by atoms with van der Waals surface area (Å²) in [5, 5.41) is 19.4. The van der Waals surface area contributed by atoms with Gasteiger partial charge in [-0.25, -0.2) is 4.98 Å². The van der Waals surface area contributed by atoms with Crippen molar-refractivity contribution < 1.29 is 22.7 Å². The first kappa shape index (κ1) is 26.0. The number of carbonyl (C=O) groups excluding carboxylic acids is 2. The number of nitrogens with two attached hydrogens (primary N) is 1. The number of nitrogens with one attached hydrogen (secondary N) is 3. The number of carbonyl (C=O) groups is 2. The number of nitrogens with zero attached hydrogens (tertiary/aromatic N) is 3. The minimum atomic E-state index is -4.02. The average Bonchev–Trinajstić information content (AvgIpc) is 3.20. The molecule has 1 aliphatic heterocycles. The molecule has 0 bridgehead atoms. The van der Waals surface area contributed by atoms with Gasteiger partial charge in [0.05, 0.1) is 33.2 Å². The lowest BCUT2D eigenvalue weighted by Crippen LogP contribution is -2.59. The molecule has 1 aromatic heterocycles. The number of hydrogen-bond acceptors (Lipinski definition) is 8. The van der Waals surface area contributed by atoms with E-state index in [4.69, 9.17) is 5.73 Å². The molecule has 2 heterocycles. The second kappa shape index (κ2) is 10.8. The molecule has 5 N–H and O–H groups in total. The number of likely N-dealkylation sites (N-methyl/N-ethyl adjacent to an activating group) is 1. The summed E-state index contributed by atoms with van der Waals surface area (Å²) in [6.07, 6.45) is 0.115. The number of rotatable bonds is 10. The van der Waals surface area contributed by atoms with Gasteiger partial charge in [0.25, 0.3) is 10.2 Å². The first-order valence-electron chi connectivity index (χ1n) is 10.6. The van der Waals surface area contributed by atoms with Crippen LogP contribution < -0.4 is 21.1 Å². The largest absolute Gasteiger partial charge is 0.633 e. The van der Waals surface area contributed by atoms with Gasteiger partial charge in [0.15, 0.2) is 5.13 Å². The Kier molecular flexibility index (Phi) is 8.22. The smallest absolute Gasteiger partial charge is 0.280 e. The van der Waals surface area contributed by atoms with Crippen LogP contribution in [0.3, 0.4) is 0 Å². The Hall–Kier alpha value is -2.62. The van der Waals surface area contributed by atoms with Gasteiger partial charge in [0.1, 0.15) is 17.9 Å². The van der Waals surface area contributed by atoms with E-state index in [0.29, 0.717) is 5.82 Å². The summed E-state index contributed by atoms with van der Waals surface area (Å²) in [7, 11) is -2.51. The summed E-state index contributed by atoms with van der Waals surface area (Å²) in [5.74, 6) is -0.777. The summed E-state index contributed by atoms with van der Waals surface area (Å²) in [6, 6.07) is 7.25. The van der Waals surface area contributed by atoms with Gasteiger partial charge in [0, 0.05) is 5.38 Å². The third-order valence-corrected chi connectivity index (χ3v) is 7.79. The molecule has 12 nitrogen and oxygen atoms in total. The average molecular weight is 512 g/mol. The van der Waals surface area contributed by atoms with Gasteiger partial charge in [-0.3, -0.25) is 9.59 Å². The van der Waals surface area contributed by atoms with Gasteiger partial charge < -0.3 is 26.2 Å². The Morgan fingerprint density at radius 3 is 2.53 bits per heavy atom. The number of primary amides is 1. The number of amides is 2. The third kappa shape index (κ3) is 7.19. The first-order valence-corrected chi connectivity index (χ1v) is 13.0. The van der Waals surface area contributed by atoms with Crippen molar-refractivity contribution in [1.29, 1.82) is 0 Å². The second-order valence-corrected chi connectivity index (χ2v) is 10.9. The SMILES string of the molecule is C[C@H](Nc1csc(NC(=O)[C@H](Cc2ccccc2)NS(=O)(=O)N2CC[N+](C)([O-])CC2)n1)C(N)=O. The molecule has 2 atom stereocenters. The maximum absolute atomic E-state index is 13.1. The van der Waals surface area contributed by atoms with E-state index in [2.05, 4.69) is 20.3 Å². The zero-order valence-electron chi connectivity index (χ0n) is 18.9. The highest BCUT2D eigenvalue weighted by Gasteiger charge is 2.34. The highest BCUT2D eigenvalue weighted by Crippen LogP contribution is 2.21. The van der Waals surface area contributed by atoms with Crippen LogP contribution in [0, 0.1) is 5.21 Å². The van der Waals surface area contributed by atoms with Crippen LogP contribution in [-0.4, -0.2) is 79.5 Å². The summed E-state index contributed by atoms with van der Waals surface area (Å²) < 4.78 is 29.2. The van der Waals surface area contributed by atoms with E-state index in [1.807, 2.05) is 6.07 Å². The van der Waals surface area contributed by atoms with E-state index in [-0.39, 0.29) is 37.7 Å². The molecule has 0 aliphatic carbocycles. The number of hydroxylamine groups is 3. The van der Waals surface area contributed by atoms with Crippen molar-refractivity contribution in [2.75, 3.05) is 43.9 Å². The molecule has 186 valence electrons. The van der Waals surface area contributed by atoms with Crippen LogP contribution >= 0.6 is 11.3 Å². The standard InChI is InChI=1S/C20H29N7O5S2/c1-14(18(21)28)22-17-13-33-20(23-17)24-19(29)16(12-15-6-4-3-5-7-15)25-34(31,32)26-8-10-27(2,30)11-9-26/h3-7,13-14,16,22,25H,8-12H2,1-2H3,(H2,21,28)(H,23,24,29)/t14-,16-/m0/s1. The fourth-order valence-corrected chi connectivity index (χ4v) is 5.28. The Balaban J connectivity index is 1.73. The van der Waals surface area contributed by atoms with Crippen molar-refractivity contribution in [3.05, 3.63) is 46.5 Å². The van der Waals surface area contributed by atoms with Crippen LogP contribution in [0.25, 0.3) is 0 Å². The van der Waals surface area contributed by atoms with E-state index < -0.39 is 38.8 Å². The normalized spacial score (nSPS) is 18.1. The summed E-state index contributed by atoms with van der Waals surface area (Å²) in [5.41, 5.74) is 6.00. The number of benzene rings is 1. The van der Waals surface area contributed by atoms with Crippen LogP contribution in [0.4, 0.5) is 10.9 Å². The lowest BCUT2D eigenvalue weighted by molar-refractivity contribution is -0.864. The monoisotopic (exact) mass is 511 g/mol. The van der Waals surface area contributed by atoms with Gasteiger partial charge >= 0.3 is 0 Å². The van der Waals surface area contributed by atoms with Gasteiger partial charge in [0.2, 0.25) is 11.8 Å². The predicted octanol–water partition coefficient (Wildman–Crippen LogP) is 0.0730. The molecule has 0 spiro atoms. The molecule has 2 aromatic rings. The van der Waals surface area contributed by atoms with Crippen LogP contribution in [-0.2, 0) is 26.2 Å². The molecule has 14 heteroatoms. The highest BCUT2D eigenvalue weighted by atomic mass is 32.2. The van der Waals surface area contributed by atoms with Crippen LogP contribution in [0.2, 0.25) is 0 Å². The highest BCUT2D eigenvalue weighted by molar-refractivity contribution is 7.87. The third-order valence-electron chi connectivity index (χ3n) is 5.40. The van der Waals surface area contributed by atoms with Crippen LogP contribution in [0.15, 0.2) is 35.7 Å². The topological polar surface area (TPSA) is 170 Å². The predicted molar refractivity (Wildman–Crippen MR) is 130 cm³/mol. The molecule has 1 aromatic carbocycles. The lowest BCUT2D eigenvalue weighted by atomic mass is 10.1. The Labute approximate surface area is 202 Å². The minimum Gasteiger partial charge on any atom is -0.633 e. The number of thiazole rings is 1. The van der Waals surface area contributed by atoms with Crippen LogP contribution in [0.1, 0.15) is 12.5 Å². The van der Waals surface area contributed by atoms with Crippen molar-refractivity contribution in [3.63, 3.8) is 0 Å². The number of hydrogen-bond donors (Lipinski definition) is 4. The van der Waals surface area contributed by atoms with Crippen molar-refractivity contribution in [2.45, 2.75) is 25.4 Å². The van der Waals surface area contributed by atoms with Gasteiger partial charge in [-0.1, -0.05) is 30.3 Å². The van der Waals surface area contributed by atoms with E-state index in [1.54, 1.807) is 36.6 Å². The molecule has 3 rings (SSSR count). The molecule has 0 saturated carbocycles. The van der Waals surface area contributed by atoms with Crippen molar-refractivity contribution >= 4 is 44.3 Å². The minimum absolute atomic E-state index is 0.0641. The maximum Gasteiger partial charge on any atom is 0.280 e. The zero-order chi connectivity index (χ0) is 24.9. The van der Waals surface area contributed by atoms with Gasteiger partial charge in [-0.05, 0) is 18.9 Å². The Bertz CT molecular complexity index is 1100. The van der Waals surface area contributed by atoms with Crippen molar-refractivity contribution in [2.24, 2.45) is 5.73 Å². The lowest BCUT2D eigenvalue weighted by Gasteiger charge is -2.44. The van der Waals surface area contributed by atoms with Crippen molar-refractivity contribution in [3.8, 4) is 0 Å². The molecular weight excluding hydrogens is 482 g/mol. The Morgan fingerprint density at radius 1 is 1.26 bits per heavy atom. The fraction of sp³-hybridized carbons (Fsp3) is 0.450. The maximum atomic E-state index is 13.1. The van der Waals surface area contributed by atoms with Gasteiger partial charge in [-0.15, -0.1) is 11.3 Å². The van der Waals surface area contributed by atoms with E-state index in [9.17, 15) is 23.2 Å². The zero-order valence-corrected chi connectivity index (χ0v) is 20.6. The second-order valence-electron chi connectivity index (χ2n) is 8.30. The van der Waals surface area contributed by atoms with Crippen molar-refractivity contribution in [1.82, 2.24) is 14.0 Å². The fourth-order valence-electron chi connectivity index (χ4n) is 3.29. The van der Waals surface area contributed by atoms with E-state index >= 15 is 0 Å². The molecule has 0 unspecified atom stereocenters. The number of piperazine rings is 1. The quantitative estimate of drug-likeness (QED) is 0.258. The molecule has 0 radical (unpaired) electrons. The molecule has 2 amide bonds. The summed E-state index contributed by atoms with van der Waals surface area (Å²) in [4.78, 5) is 28.5. The molecule has 1 fully saturated rings. The number of quaternary nitrogens is 1. The van der Waals surface area contributed by atoms with Gasteiger partial charge in [-0.2, -0.15) is 17.4 Å².